The predicted octanol–water partition coefficient (Wildman–Crippen LogP) is 26.2. The fourth-order valence-corrected chi connectivity index (χ4v) is 15.1. The molecule has 0 saturated heterocycles. The minimum atomic E-state index is 0.629. The van der Waals surface area contributed by atoms with E-state index in [9.17, 15) is 0 Å². The van der Waals surface area contributed by atoms with Crippen LogP contribution in [0.15, 0.2) is 425 Å². The van der Waals surface area contributed by atoms with Crippen LogP contribution in [-0.4, -0.2) is 39.0 Å². The number of anilines is 6. The van der Waals surface area contributed by atoms with Crippen LogP contribution < -0.4 is 9.80 Å². The van der Waals surface area contributed by atoms with Crippen LogP contribution in [0.1, 0.15) is 0 Å². The van der Waals surface area contributed by atoms with Crippen molar-refractivity contribution in [3.63, 3.8) is 0 Å². The third kappa shape index (κ3) is 13.5. The van der Waals surface area contributed by atoms with Crippen molar-refractivity contribution in [3.05, 3.63) is 425 Å². The van der Waals surface area contributed by atoms with Crippen LogP contribution in [0.3, 0.4) is 0 Å². The highest BCUT2D eigenvalue weighted by atomic mass is 15.1. The minimum absolute atomic E-state index is 0.629. The molecular formula is C102H70N10. The third-order valence-electron chi connectivity index (χ3n) is 20.5. The van der Waals surface area contributed by atoms with Gasteiger partial charge < -0.3 is 18.9 Å². The molecule has 0 bridgehead atoms. The zero-order valence-electron chi connectivity index (χ0n) is 60.9. The molecule has 0 N–H and O–H groups in total. The van der Waals surface area contributed by atoms with E-state index in [2.05, 4.69) is 322 Å². The van der Waals surface area contributed by atoms with Gasteiger partial charge in [0.15, 0.2) is 34.9 Å². The Kier molecular flexibility index (Phi) is 18.1. The van der Waals surface area contributed by atoms with Gasteiger partial charge in [0.1, 0.15) is 0 Å². The maximum Gasteiger partial charge on any atom is 0.164 e. The zero-order chi connectivity index (χ0) is 74.5. The summed E-state index contributed by atoms with van der Waals surface area (Å²) in [5, 5.41) is 4.81. The highest BCUT2D eigenvalue weighted by Crippen LogP contribution is 2.42. The van der Waals surface area contributed by atoms with E-state index < -0.39 is 0 Å². The second kappa shape index (κ2) is 30.2. The smallest absolute Gasteiger partial charge is 0.164 e. The molecule has 0 saturated carbocycles. The summed E-state index contributed by atoms with van der Waals surface area (Å²) < 4.78 is 4.69. The number of benzene rings is 16. The molecule has 16 aromatic carbocycles. The molecule has 112 heavy (non-hydrogen) atoms. The Balaban J connectivity index is 0.000000151. The topological polar surface area (TPSA) is 93.7 Å². The first-order valence-corrected chi connectivity index (χ1v) is 37.6. The van der Waals surface area contributed by atoms with Crippen LogP contribution in [0, 0.1) is 0 Å². The van der Waals surface area contributed by atoms with Gasteiger partial charge >= 0.3 is 0 Å². The predicted molar refractivity (Wildman–Crippen MR) is 461 cm³/mol. The Hall–Kier alpha value is -15.3. The van der Waals surface area contributed by atoms with Crippen molar-refractivity contribution in [2.24, 2.45) is 0 Å². The number of aromatic nitrogens is 8. The van der Waals surface area contributed by atoms with E-state index >= 15 is 0 Å². The molecule has 528 valence electrons. The molecule has 10 nitrogen and oxygen atoms in total. The van der Waals surface area contributed by atoms with E-state index in [0.29, 0.717) is 34.9 Å². The van der Waals surface area contributed by atoms with Gasteiger partial charge in [-0.3, -0.25) is 0 Å². The molecule has 0 amide bonds. The second-order valence-corrected chi connectivity index (χ2v) is 27.4. The van der Waals surface area contributed by atoms with Gasteiger partial charge in [0.25, 0.3) is 0 Å². The Morgan fingerprint density at radius 2 is 0.402 bits per heavy atom. The van der Waals surface area contributed by atoms with Crippen LogP contribution in [0.5, 0.6) is 0 Å². The molecule has 0 atom stereocenters. The van der Waals surface area contributed by atoms with Gasteiger partial charge in [0, 0.05) is 100 Å². The Bertz CT molecular complexity index is 6490. The molecule has 20 rings (SSSR count). The van der Waals surface area contributed by atoms with Gasteiger partial charge in [-0.05, 0) is 168 Å². The molecule has 0 radical (unpaired) electrons. The van der Waals surface area contributed by atoms with E-state index in [4.69, 9.17) is 29.9 Å². The zero-order valence-corrected chi connectivity index (χ0v) is 60.9. The lowest BCUT2D eigenvalue weighted by Crippen LogP contribution is -2.09. The maximum absolute atomic E-state index is 5.01. The molecule has 20 aromatic rings. The number of hydrogen-bond acceptors (Lipinski definition) is 8. The molecule has 0 unspecified atom stereocenters. The summed E-state index contributed by atoms with van der Waals surface area (Å²) in [6, 6.07) is 148. The summed E-state index contributed by atoms with van der Waals surface area (Å²) >= 11 is 0. The van der Waals surface area contributed by atoms with Gasteiger partial charge in [0.2, 0.25) is 0 Å². The van der Waals surface area contributed by atoms with Crippen LogP contribution in [-0.2, 0) is 0 Å². The quantitative estimate of drug-likeness (QED) is 0.0944. The van der Waals surface area contributed by atoms with Crippen LogP contribution in [0.25, 0.3) is 146 Å². The van der Waals surface area contributed by atoms with E-state index in [1.54, 1.807) is 0 Å². The molecule has 0 spiro atoms. The van der Waals surface area contributed by atoms with Crippen LogP contribution >= 0.6 is 0 Å². The van der Waals surface area contributed by atoms with E-state index in [1.165, 1.54) is 38.2 Å². The number of nitrogens with zero attached hydrogens (tertiary/aromatic N) is 10. The largest absolute Gasteiger partial charge is 0.311 e. The molecule has 4 aromatic heterocycles. The van der Waals surface area contributed by atoms with Crippen molar-refractivity contribution in [3.8, 4) is 102 Å². The number of para-hydroxylation sites is 6. The normalized spacial score (nSPS) is 11.2. The lowest BCUT2D eigenvalue weighted by Gasteiger charge is -2.25. The highest BCUT2D eigenvalue weighted by molar-refractivity contribution is 6.12. The van der Waals surface area contributed by atoms with Crippen LogP contribution in [0.2, 0.25) is 0 Å². The molecule has 0 aliphatic heterocycles. The molecule has 4 heterocycles. The van der Waals surface area contributed by atoms with Crippen molar-refractivity contribution >= 4 is 77.7 Å². The van der Waals surface area contributed by atoms with E-state index in [-0.39, 0.29) is 0 Å². The summed E-state index contributed by atoms with van der Waals surface area (Å²) in [6.45, 7) is 0. The number of fused-ring (bicyclic) bond motifs is 6. The summed E-state index contributed by atoms with van der Waals surface area (Å²) in [5.41, 5.74) is 23.7. The Labute approximate surface area is 649 Å². The van der Waals surface area contributed by atoms with Crippen LogP contribution in [0.4, 0.5) is 34.1 Å². The average Bonchev–Trinajstić information content (AvgIpc) is 1.59. The number of rotatable bonds is 16. The van der Waals surface area contributed by atoms with Gasteiger partial charge in [-0.1, -0.05) is 279 Å². The van der Waals surface area contributed by atoms with Crippen molar-refractivity contribution in [1.82, 2.24) is 39.0 Å². The van der Waals surface area contributed by atoms with Crippen molar-refractivity contribution in [2.75, 3.05) is 9.80 Å². The summed E-state index contributed by atoms with van der Waals surface area (Å²) in [6.07, 6.45) is 0. The third-order valence-corrected chi connectivity index (χ3v) is 20.5. The van der Waals surface area contributed by atoms with Crippen molar-refractivity contribution in [1.29, 1.82) is 0 Å². The fraction of sp³-hybridized carbons (Fsp3) is 0. The second-order valence-electron chi connectivity index (χ2n) is 27.4. The SMILES string of the molecule is c1ccc(-c2nc(-c3ccccc3)nc(-c3ccc(-n4c5ccccc5c5cc(-c6ccc(N(c7ccccc7)c7ccccc7)cc6)ccc54)cc3)n2)cc1.c1ccc(-c2nc(-c3ccccc3)nc(-c3cccc(-n4c5ccccc5c5cc(-c6ccc(N(c7ccccc7)c7ccccc7)cc6)ccc54)c3)n2)cc1. The Morgan fingerprint density at radius 3 is 0.750 bits per heavy atom. The van der Waals surface area contributed by atoms with E-state index in [1.807, 2.05) is 121 Å². The lowest BCUT2D eigenvalue weighted by molar-refractivity contribution is 1.07. The number of hydrogen-bond donors (Lipinski definition) is 0. The maximum atomic E-state index is 5.01. The first-order valence-electron chi connectivity index (χ1n) is 37.6. The highest BCUT2D eigenvalue weighted by Gasteiger charge is 2.21. The van der Waals surface area contributed by atoms with Crippen molar-refractivity contribution in [2.45, 2.75) is 0 Å². The average molecular weight is 1440 g/mol. The molecule has 0 aliphatic rings. The monoisotopic (exact) mass is 1430 g/mol. The van der Waals surface area contributed by atoms with Crippen molar-refractivity contribution < 1.29 is 0 Å². The molecule has 0 fully saturated rings. The molecule has 10 heteroatoms. The lowest BCUT2D eigenvalue weighted by atomic mass is 10.0. The van der Waals surface area contributed by atoms with Gasteiger partial charge in [-0.15, -0.1) is 0 Å². The standard InChI is InChI=1S/2C51H35N5/c1-5-16-37(17-6-1)49-52-50(38-18-7-2-8-19-38)54-51(53-49)40-20-15-25-44(34-40)56-47-27-14-13-26-45(47)46-35-39(30-33-48(46)56)36-28-31-43(32-29-36)55(41-21-9-3-10-22-41)42-23-11-4-12-24-42;1-5-15-37(16-6-1)49-52-50(38-17-7-2-8-18-38)54-51(53-49)39-27-32-44(33-28-39)56-47-24-14-13-23-45(47)46-35-40(29-34-48(46)56)36-25-30-43(31-26-36)55(41-19-9-3-10-20-41)42-21-11-4-12-22-42/h2*1-35H. The summed E-state index contributed by atoms with van der Waals surface area (Å²) in [5.74, 6) is 3.85. The minimum Gasteiger partial charge on any atom is -0.311 e. The fourth-order valence-electron chi connectivity index (χ4n) is 15.1. The molecule has 0 aliphatic carbocycles. The summed E-state index contributed by atoms with van der Waals surface area (Å²) in [4.78, 5) is 34.2. The first kappa shape index (κ1) is 67.4. The van der Waals surface area contributed by atoms with Gasteiger partial charge in [-0.2, -0.15) is 0 Å². The van der Waals surface area contributed by atoms with Gasteiger partial charge in [0.05, 0.1) is 22.1 Å². The Morgan fingerprint density at radius 1 is 0.152 bits per heavy atom. The summed E-state index contributed by atoms with van der Waals surface area (Å²) in [7, 11) is 0. The first-order chi connectivity index (χ1) is 55.5. The molecular weight excluding hydrogens is 1370 g/mol. The van der Waals surface area contributed by atoms with Gasteiger partial charge in [-0.25, -0.2) is 29.9 Å². The van der Waals surface area contributed by atoms with E-state index in [0.717, 1.165) is 107 Å².